The summed E-state index contributed by atoms with van der Waals surface area (Å²) in [6.07, 6.45) is 6.01. The molecule has 0 nitrogen and oxygen atoms in total. The lowest BCUT2D eigenvalue weighted by Gasteiger charge is -2.25. The molecule has 0 saturated heterocycles. The summed E-state index contributed by atoms with van der Waals surface area (Å²) in [5, 5.41) is 2.26. The molecule has 5 aromatic rings. The van der Waals surface area contributed by atoms with E-state index in [0.717, 1.165) is 22.9 Å². The van der Waals surface area contributed by atoms with Gasteiger partial charge in [-0.3, -0.25) is 0 Å². The van der Waals surface area contributed by atoms with Crippen molar-refractivity contribution in [3.63, 3.8) is 0 Å². The van der Waals surface area contributed by atoms with Gasteiger partial charge in [-0.15, -0.1) is 22.7 Å². The Labute approximate surface area is 182 Å². The number of rotatable bonds is 3. The molecule has 2 heterocycles. The van der Waals surface area contributed by atoms with Crippen LogP contribution in [-0.2, 0) is 25.7 Å². The molecule has 2 aliphatic rings. The molecule has 0 aliphatic heterocycles. The van der Waals surface area contributed by atoms with E-state index in [9.17, 15) is 4.39 Å². The van der Waals surface area contributed by atoms with Crippen molar-refractivity contribution in [1.29, 1.82) is 0 Å². The van der Waals surface area contributed by atoms with Crippen LogP contribution in [0.25, 0.3) is 42.4 Å². The maximum absolute atomic E-state index is 13.8. The number of thiophene rings is 2. The van der Waals surface area contributed by atoms with E-state index < -0.39 is 0 Å². The zero-order valence-corrected chi connectivity index (χ0v) is 18.1. The average Bonchev–Trinajstić information content (AvgIpc) is 3.44. The van der Waals surface area contributed by atoms with Gasteiger partial charge in [0.25, 0.3) is 0 Å². The zero-order valence-electron chi connectivity index (χ0n) is 16.4. The smallest absolute Gasteiger partial charge is 0.177 e. The first-order chi connectivity index (χ1) is 14.7. The van der Waals surface area contributed by atoms with Gasteiger partial charge in [-0.2, -0.15) is 4.39 Å². The van der Waals surface area contributed by atoms with Crippen molar-refractivity contribution >= 4 is 42.8 Å². The van der Waals surface area contributed by atoms with E-state index in [1.54, 1.807) is 17.2 Å². The van der Waals surface area contributed by atoms with Gasteiger partial charge in [-0.25, -0.2) is 0 Å². The molecule has 7 rings (SSSR count). The molecule has 146 valence electrons. The van der Waals surface area contributed by atoms with Crippen LogP contribution >= 0.6 is 22.7 Å². The predicted octanol–water partition coefficient (Wildman–Crippen LogP) is 8.18. The highest BCUT2D eigenvalue weighted by atomic mass is 32.1. The van der Waals surface area contributed by atoms with Crippen LogP contribution in [0.4, 0.5) is 4.39 Å². The Kier molecular flexibility index (Phi) is 3.59. The molecular formula is C27H19FS2. The monoisotopic (exact) mass is 426 g/mol. The molecule has 0 radical (unpaired) electrons. The van der Waals surface area contributed by atoms with Gasteiger partial charge in [-0.1, -0.05) is 42.5 Å². The number of hydrogen-bond donors (Lipinski definition) is 0. The normalized spacial score (nSPS) is 14.0. The molecule has 0 fully saturated rings. The maximum atomic E-state index is 13.8. The van der Waals surface area contributed by atoms with Gasteiger partial charge < -0.3 is 0 Å². The molecule has 0 spiro atoms. The Morgan fingerprint density at radius 2 is 1.43 bits per heavy atom. The lowest BCUT2D eigenvalue weighted by molar-refractivity contribution is 0.658. The minimum Gasteiger partial charge on any atom is -0.195 e. The van der Waals surface area contributed by atoms with Crippen LogP contribution in [0, 0.1) is 5.13 Å². The number of halogens is 1. The summed E-state index contributed by atoms with van der Waals surface area (Å²) < 4.78 is 16.3. The molecule has 3 aromatic carbocycles. The van der Waals surface area contributed by atoms with Crippen LogP contribution in [-0.4, -0.2) is 0 Å². The van der Waals surface area contributed by atoms with Gasteiger partial charge in [0.1, 0.15) is 0 Å². The van der Waals surface area contributed by atoms with Gasteiger partial charge in [0.2, 0.25) is 0 Å². The molecule has 3 heteroatoms. The topological polar surface area (TPSA) is 0 Å². The molecule has 0 saturated carbocycles. The van der Waals surface area contributed by atoms with Crippen molar-refractivity contribution in [2.45, 2.75) is 32.1 Å². The van der Waals surface area contributed by atoms with E-state index in [0.29, 0.717) is 0 Å². The number of fused-ring (bicyclic) bond motifs is 9. The highest BCUT2D eigenvalue weighted by Crippen LogP contribution is 2.56. The molecule has 2 aromatic heterocycles. The Hall–Kier alpha value is -2.49. The number of hydrogen-bond acceptors (Lipinski definition) is 2. The predicted molar refractivity (Wildman–Crippen MR) is 127 cm³/mol. The van der Waals surface area contributed by atoms with Crippen LogP contribution in [0.15, 0.2) is 54.6 Å². The third kappa shape index (κ3) is 2.42. The van der Waals surface area contributed by atoms with E-state index in [4.69, 9.17) is 0 Å². The fourth-order valence-electron chi connectivity index (χ4n) is 5.29. The third-order valence-electron chi connectivity index (χ3n) is 6.76. The van der Waals surface area contributed by atoms with Crippen molar-refractivity contribution in [1.82, 2.24) is 0 Å². The number of aryl methyl sites for hydroxylation is 4. The fourth-order valence-corrected chi connectivity index (χ4v) is 7.46. The standard InChI is InChI=1S/C27H19FS2/c28-23-14-19-8-11-22-24-21(25(22)27(19)30-23)10-7-18-13-20(29-26(18)24)9-5-15-4-6-16-2-1-3-17(16)12-15/h4,6-8,10-14H,1-3,5,9H2. The Morgan fingerprint density at radius 1 is 0.700 bits per heavy atom. The van der Waals surface area contributed by atoms with Crippen molar-refractivity contribution in [2.24, 2.45) is 0 Å². The molecule has 0 N–H and O–H groups in total. The summed E-state index contributed by atoms with van der Waals surface area (Å²) >= 11 is 3.21. The first-order valence-corrected chi connectivity index (χ1v) is 12.3. The SMILES string of the molecule is Fc1cc2ccc3c(c2s1)-c1ccc2cc(CCc4ccc5c(c4)CCC5)sc2c1-3. The quantitative estimate of drug-likeness (QED) is 0.268. The molecule has 0 atom stereocenters. The summed E-state index contributed by atoms with van der Waals surface area (Å²) in [6.45, 7) is 0. The summed E-state index contributed by atoms with van der Waals surface area (Å²) in [7, 11) is 0. The first-order valence-electron chi connectivity index (χ1n) is 10.6. The van der Waals surface area contributed by atoms with Gasteiger partial charge in [0.05, 0.1) is 0 Å². The van der Waals surface area contributed by atoms with Crippen molar-refractivity contribution in [2.75, 3.05) is 0 Å². The second kappa shape index (κ2) is 6.26. The van der Waals surface area contributed by atoms with E-state index in [1.165, 1.54) is 73.4 Å². The molecule has 0 amide bonds. The highest BCUT2D eigenvalue weighted by Gasteiger charge is 2.28. The van der Waals surface area contributed by atoms with Crippen LogP contribution in [0.5, 0.6) is 0 Å². The molecular weight excluding hydrogens is 407 g/mol. The van der Waals surface area contributed by atoms with E-state index in [-0.39, 0.29) is 5.13 Å². The lowest BCUT2D eigenvalue weighted by atomic mass is 9.79. The molecule has 30 heavy (non-hydrogen) atoms. The summed E-state index contributed by atoms with van der Waals surface area (Å²) in [5.41, 5.74) is 9.78. The molecule has 0 unspecified atom stereocenters. The van der Waals surface area contributed by atoms with Crippen LogP contribution in [0.1, 0.15) is 28.0 Å². The third-order valence-corrected chi connectivity index (χ3v) is 8.94. The van der Waals surface area contributed by atoms with Gasteiger partial charge in [-0.05, 0) is 82.8 Å². The van der Waals surface area contributed by atoms with Crippen molar-refractivity contribution in [3.05, 3.63) is 81.3 Å². The van der Waals surface area contributed by atoms with E-state index in [1.807, 2.05) is 11.3 Å². The first kappa shape index (κ1) is 17.2. The maximum Gasteiger partial charge on any atom is 0.177 e. The second-order valence-corrected chi connectivity index (χ2v) is 10.7. The van der Waals surface area contributed by atoms with Gasteiger partial charge >= 0.3 is 0 Å². The van der Waals surface area contributed by atoms with Crippen molar-refractivity contribution in [3.8, 4) is 22.3 Å². The summed E-state index contributed by atoms with van der Waals surface area (Å²) in [4.78, 5) is 1.45. The van der Waals surface area contributed by atoms with Crippen molar-refractivity contribution < 1.29 is 4.39 Å². The minimum absolute atomic E-state index is 0.0992. The van der Waals surface area contributed by atoms with Gasteiger partial charge in [0, 0.05) is 25.4 Å². The minimum atomic E-state index is -0.0992. The van der Waals surface area contributed by atoms with E-state index >= 15 is 0 Å². The van der Waals surface area contributed by atoms with Gasteiger partial charge in [0.15, 0.2) is 5.13 Å². The Morgan fingerprint density at radius 3 is 2.27 bits per heavy atom. The molecule has 0 bridgehead atoms. The van der Waals surface area contributed by atoms with Crippen LogP contribution in [0.2, 0.25) is 0 Å². The molecule has 2 aliphatic carbocycles. The number of benzene rings is 3. The second-order valence-electron chi connectivity index (χ2n) is 8.53. The summed E-state index contributed by atoms with van der Waals surface area (Å²) in [5.74, 6) is 0. The highest BCUT2D eigenvalue weighted by molar-refractivity contribution is 7.20. The Bertz CT molecular complexity index is 1480. The zero-order chi connectivity index (χ0) is 19.8. The lowest BCUT2D eigenvalue weighted by Crippen LogP contribution is -1.98. The Balaban J connectivity index is 1.23. The largest absolute Gasteiger partial charge is 0.195 e. The van der Waals surface area contributed by atoms with Crippen LogP contribution < -0.4 is 0 Å². The summed E-state index contributed by atoms with van der Waals surface area (Å²) in [6, 6.07) is 19.8. The van der Waals surface area contributed by atoms with E-state index in [2.05, 4.69) is 48.5 Å². The fraction of sp³-hybridized carbons (Fsp3) is 0.185. The average molecular weight is 427 g/mol. The van der Waals surface area contributed by atoms with Crippen LogP contribution in [0.3, 0.4) is 0 Å².